The van der Waals surface area contributed by atoms with Crippen molar-refractivity contribution in [2.24, 2.45) is 0 Å². The Morgan fingerprint density at radius 3 is 2.20 bits per heavy atom. The predicted molar refractivity (Wildman–Crippen MR) is 168 cm³/mol. The Kier molecular flexibility index (Phi) is 5.42. The van der Waals surface area contributed by atoms with Gasteiger partial charge in [0, 0.05) is 34.4 Å². The number of para-hydroxylation sites is 1. The van der Waals surface area contributed by atoms with Crippen molar-refractivity contribution in [3.05, 3.63) is 146 Å². The first-order chi connectivity index (χ1) is 20.3. The molecule has 8 aromatic rings. The van der Waals surface area contributed by atoms with Crippen LogP contribution in [0.5, 0.6) is 0 Å². The third-order valence-electron chi connectivity index (χ3n) is 7.73. The minimum atomic E-state index is 0.845. The molecule has 4 aromatic heterocycles. The molecule has 4 heterocycles. The summed E-state index contributed by atoms with van der Waals surface area (Å²) >= 11 is 0. The molecular formula is C37H24N4. The van der Waals surface area contributed by atoms with Gasteiger partial charge in [-0.2, -0.15) is 0 Å². The first-order valence-corrected chi connectivity index (χ1v) is 13.7. The summed E-state index contributed by atoms with van der Waals surface area (Å²) in [5, 5.41) is 4.83. The number of aromatic nitrogens is 4. The van der Waals surface area contributed by atoms with E-state index in [0.717, 1.165) is 44.9 Å². The molecule has 8 rings (SSSR count). The molecule has 41 heavy (non-hydrogen) atoms. The lowest BCUT2D eigenvalue weighted by atomic mass is 9.96. The van der Waals surface area contributed by atoms with Crippen LogP contribution in [0.1, 0.15) is 0 Å². The standard InChI is InChI=1S/C37H24N4/c1-2-13-29-25(9-1)10-8-15-30(29)27-22-34(40-35(23-27)33-16-5-6-19-39-33)26-11-7-12-28(21-26)41-36-17-4-3-14-31(36)32-18-20-38-24-37(32)41/h1-24H. The molecule has 0 atom stereocenters. The van der Waals surface area contributed by atoms with Crippen LogP contribution in [0.15, 0.2) is 146 Å². The van der Waals surface area contributed by atoms with E-state index >= 15 is 0 Å². The van der Waals surface area contributed by atoms with Gasteiger partial charge >= 0.3 is 0 Å². The number of nitrogens with zero attached hydrogens (tertiary/aromatic N) is 4. The molecule has 0 saturated heterocycles. The van der Waals surface area contributed by atoms with Crippen molar-refractivity contribution in [2.75, 3.05) is 0 Å². The highest BCUT2D eigenvalue weighted by atomic mass is 15.0. The number of fused-ring (bicyclic) bond motifs is 4. The first kappa shape index (κ1) is 23.3. The van der Waals surface area contributed by atoms with E-state index in [0.29, 0.717) is 0 Å². The summed E-state index contributed by atoms with van der Waals surface area (Å²) in [7, 11) is 0. The van der Waals surface area contributed by atoms with E-state index in [1.165, 1.54) is 27.1 Å². The van der Waals surface area contributed by atoms with Crippen molar-refractivity contribution < 1.29 is 0 Å². The summed E-state index contributed by atoms with van der Waals surface area (Å²) in [6, 6.07) is 44.5. The van der Waals surface area contributed by atoms with Gasteiger partial charge in [0.05, 0.1) is 34.3 Å². The lowest BCUT2D eigenvalue weighted by molar-refractivity contribution is 1.16. The molecule has 4 nitrogen and oxygen atoms in total. The molecule has 0 spiro atoms. The van der Waals surface area contributed by atoms with Gasteiger partial charge in [0.1, 0.15) is 0 Å². The topological polar surface area (TPSA) is 43.6 Å². The molecular weight excluding hydrogens is 500 g/mol. The lowest BCUT2D eigenvalue weighted by Gasteiger charge is -2.13. The normalized spacial score (nSPS) is 11.4. The molecule has 0 bridgehead atoms. The molecule has 0 aliphatic rings. The number of rotatable bonds is 4. The molecule has 0 unspecified atom stereocenters. The first-order valence-electron chi connectivity index (χ1n) is 13.7. The van der Waals surface area contributed by atoms with Crippen molar-refractivity contribution in [3.63, 3.8) is 0 Å². The zero-order chi connectivity index (χ0) is 27.2. The van der Waals surface area contributed by atoms with Gasteiger partial charge in [-0.1, -0.05) is 78.9 Å². The largest absolute Gasteiger partial charge is 0.308 e. The number of hydrogen-bond donors (Lipinski definition) is 0. The quantitative estimate of drug-likeness (QED) is 0.231. The third kappa shape index (κ3) is 3.97. The molecule has 4 heteroatoms. The fourth-order valence-corrected chi connectivity index (χ4v) is 5.86. The second-order valence-electron chi connectivity index (χ2n) is 10.2. The van der Waals surface area contributed by atoms with E-state index in [1.807, 2.05) is 36.8 Å². The highest BCUT2D eigenvalue weighted by molar-refractivity contribution is 6.09. The van der Waals surface area contributed by atoms with Gasteiger partial charge in [-0.05, 0) is 70.4 Å². The second-order valence-corrected chi connectivity index (χ2v) is 10.2. The van der Waals surface area contributed by atoms with Crippen molar-refractivity contribution >= 4 is 32.6 Å². The highest BCUT2D eigenvalue weighted by Crippen LogP contribution is 2.36. The van der Waals surface area contributed by atoms with E-state index in [4.69, 9.17) is 4.98 Å². The van der Waals surface area contributed by atoms with Crippen LogP contribution in [-0.4, -0.2) is 19.5 Å². The molecule has 0 fully saturated rings. The van der Waals surface area contributed by atoms with Gasteiger partial charge < -0.3 is 4.57 Å². The van der Waals surface area contributed by atoms with Crippen molar-refractivity contribution in [1.29, 1.82) is 0 Å². The van der Waals surface area contributed by atoms with E-state index in [2.05, 4.69) is 124 Å². The minimum Gasteiger partial charge on any atom is -0.308 e. The smallest absolute Gasteiger partial charge is 0.0899 e. The second kappa shape index (κ2) is 9.54. The van der Waals surface area contributed by atoms with Crippen LogP contribution in [0.25, 0.3) is 72.0 Å². The summed E-state index contributed by atoms with van der Waals surface area (Å²) < 4.78 is 2.29. The van der Waals surface area contributed by atoms with Crippen LogP contribution < -0.4 is 0 Å². The molecule has 0 N–H and O–H groups in total. The Balaban J connectivity index is 1.35. The summed E-state index contributed by atoms with van der Waals surface area (Å²) in [5.41, 5.74) is 9.22. The van der Waals surface area contributed by atoms with Gasteiger partial charge in [0.2, 0.25) is 0 Å². The molecule has 4 aromatic carbocycles. The fraction of sp³-hybridized carbons (Fsp3) is 0. The van der Waals surface area contributed by atoms with Crippen LogP contribution in [0, 0.1) is 0 Å². The molecule has 0 saturated carbocycles. The molecule has 192 valence electrons. The van der Waals surface area contributed by atoms with E-state index in [-0.39, 0.29) is 0 Å². The zero-order valence-electron chi connectivity index (χ0n) is 22.1. The number of benzene rings is 4. The third-order valence-corrected chi connectivity index (χ3v) is 7.73. The number of pyridine rings is 3. The van der Waals surface area contributed by atoms with Gasteiger partial charge in [-0.3, -0.25) is 9.97 Å². The Hall–Kier alpha value is -5.61. The maximum absolute atomic E-state index is 5.14. The summed E-state index contributed by atoms with van der Waals surface area (Å²) in [4.78, 5) is 14.2. The fourth-order valence-electron chi connectivity index (χ4n) is 5.86. The van der Waals surface area contributed by atoms with Gasteiger partial charge in [-0.15, -0.1) is 0 Å². The molecule has 0 aliphatic carbocycles. The number of hydrogen-bond acceptors (Lipinski definition) is 3. The van der Waals surface area contributed by atoms with E-state index in [9.17, 15) is 0 Å². The zero-order valence-corrected chi connectivity index (χ0v) is 22.1. The minimum absolute atomic E-state index is 0.845. The van der Waals surface area contributed by atoms with Crippen LogP contribution in [0.2, 0.25) is 0 Å². The Labute approximate surface area is 237 Å². The van der Waals surface area contributed by atoms with E-state index < -0.39 is 0 Å². The van der Waals surface area contributed by atoms with Crippen LogP contribution in [0.4, 0.5) is 0 Å². The van der Waals surface area contributed by atoms with Gasteiger partial charge in [-0.25, -0.2) is 4.98 Å². The molecule has 0 amide bonds. The maximum Gasteiger partial charge on any atom is 0.0899 e. The van der Waals surface area contributed by atoms with Crippen LogP contribution >= 0.6 is 0 Å². The summed E-state index contributed by atoms with van der Waals surface area (Å²) in [5.74, 6) is 0. The van der Waals surface area contributed by atoms with Crippen molar-refractivity contribution in [3.8, 4) is 39.5 Å². The van der Waals surface area contributed by atoms with Gasteiger partial charge in [0.15, 0.2) is 0 Å². The van der Waals surface area contributed by atoms with Gasteiger partial charge in [0.25, 0.3) is 0 Å². The maximum atomic E-state index is 5.14. The average Bonchev–Trinajstić information content (AvgIpc) is 3.39. The lowest BCUT2D eigenvalue weighted by Crippen LogP contribution is -1.96. The average molecular weight is 525 g/mol. The summed E-state index contributed by atoms with van der Waals surface area (Å²) in [6.07, 6.45) is 5.62. The molecule has 0 radical (unpaired) electrons. The monoisotopic (exact) mass is 524 g/mol. The van der Waals surface area contributed by atoms with Crippen molar-refractivity contribution in [1.82, 2.24) is 19.5 Å². The Morgan fingerprint density at radius 1 is 0.488 bits per heavy atom. The Bertz CT molecular complexity index is 2150. The van der Waals surface area contributed by atoms with Crippen molar-refractivity contribution in [2.45, 2.75) is 0 Å². The van der Waals surface area contributed by atoms with Crippen LogP contribution in [-0.2, 0) is 0 Å². The van der Waals surface area contributed by atoms with E-state index in [1.54, 1.807) is 0 Å². The Morgan fingerprint density at radius 2 is 1.27 bits per heavy atom. The van der Waals surface area contributed by atoms with Crippen LogP contribution in [0.3, 0.4) is 0 Å². The highest BCUT2D eigenvalue weighted by Gasteiger charge is 2.15. The summed E-state index contributed by atoms with van der Waals surface area (Å²) in [6.45, 7) is 0. The SMILES string of the molecule is c1ccc(-c2cc(-c3cccc4ccccc34)cc(-c3cccc(-n4c5ccccc5c5ccncc54)c3)n2)nc1. The predicted octanol–water partition coefficient (Wildman–Crippen LogP) is 9.12. The molecule has 0 aliphatic heterocycles.